The summed E-state index contributed by atoms with van der Waals surface area (Å²) in [7, 11) is 1.96. The molecule has 1 aromatic heterocycles. The largest absolute Gasteiger partial charge is 0.359 e. The minimum Gasteiger partial charge on any atom is -0.359 e. The van der Waals surface area contributed by atoms with Gasteiger partial charge in [0, 0.05) is 13.6 Å². The smallest absolute Gasteiger partial charge is 0.142 e. The fourth-order valence-electron chi connectivity index (χ4n) is 1.49. The summed E-state index contributed by atoms with van der Waals surface area (Å²) in [5.41, 5.74) is 6.17. The lowest BCUT2D eigenvalue weighted by Crippen LogP contribution is -2.37. The molecule has 0 atom stereocenters. The van der Waals surface area contributed by atoms with Gasteiger partial charge in [-0.3, -0.25) is 0 Å². The fraction of sp³-hybridized carbons (Fsp3) is 0.500. The van der Waals surface area contributed by atoms with Crippen LogP contribution in [0.15, 0.2) is 18.2 Å². The normalized spacial score (nSPS) is 10.9. The molecule has 0 saturated heterocycles. The maximum absolute atomic E-state index is 8.77. The van der Waals surface area contributed by atoms with Gasteiger partial charge in [-0.25, -0.2) is 4.98 Å². The standard InChI is InChI=1S/C12H18N4/c1-12(2,8-14)9-16(3)11-6-4-5-10(7-13)15-11/h4-6H,8-9,14H2,1-3H3. The number of aromatic nitrogens is 1. The third kappa shape index (κ3) is 3.21. The summed E-state index contributed by atoms with van der Waals surface area (Å²) in [6.07, 6.45) is 0. The summed E-state index contributed by atoms with van der Waals surface area (Å²) in [6.45, 7) is 5.65. The Morgan fingerprint density at radius 1 is 1.50 bits per heavy atom. The lowest BCUT2D eigenvalue weighted by molar-refractivity contribution is 0.384. The highest BCUT2D eigenvalue weighted by atomic mass is 15.2. The zero-order chi connectivity index (χ0) is 12.2. The van der Waals surface area contributed by atoms with Crippen LogP contribution in [0.1, 0.15) is 19.5 Å². The van der Waals surface area contributed by atoms with E-state index in [2.05, 4.69) is 18.8 Å². The number of nitriles is 1. The minimum absolute atomic E-state index is 0.0408. The van der Waals surface area contributed by atoms with Crippen LogP contribution in [0, 0.1) is 16.7 Å². The Morgan fingerprint density at radius 2 is 2.19 bits per heavy atom. The maximum Gasteiger partial charge on any atom is 0.142 e. The average molecular weight is 218 g/mol. The first-order chi connectivity index (χ1) is 7.48. The van der Waals surface area contributed by atoms with Gasteiger partial charge in [0.05, 0.1) is 0 Å². The molecule has 4 nitrogen and oxygen atoms in total. The molecule has 0 saturated carbocycles. The quantitative estimate of drug-likeness (QED) is 0.829. The van der Waals surface area contributed by atoms with Crippen LogP contribution in [0.5, 0.6) is 0 Å². The molecule has 86 valence electrons. The number of hydrogen-bond acceptors (Lipinski definition) is 4. The van der Waals surface area contributed by atoms with Crippen molar-refractivity contribution in [3.63, 3.8) is 0 Å². The van der Waals surface area contributed by atoms with Crippen molar-refractivity contribution >= 4 is 5.82 Å². The van der Waals surface area contributed by atoms with Gasteiger partial charge < -0.3 is 10.6 Å². The van der Waals surface area contributed by atoms with Crippen molar-refractivity contribution in [3.8, 4) is 6.07 Å². The Hall–Kier alpha value is -1.60. The van der Waals surface area contributed by atoms with Crippen molar-refractivity contribution in [1.82, 2.24) is 4.98 Å². The third-order valence-electron chi connectivity index (χ3n) is 2.46. The molecule has 0 amide bonds. The Labute approximate surface area is 96.7 Å². The molecule has 0 aliphatic rings. The van der Waals surface area contributed by atoms with Gasteiger partial charge in [0.15, 0.2) is 0 Å². The molecule has 0 fully saturated rings. The topological polar surface area (TPSA) is 65.9 Å². The number of hydrogen-bond donors (Lipinski definition) is 1. The highest BCUT2D eigenvalue weighted by Gasteiger charge is 2.18. The molecule has 1 rings (SSSR count). The molecule has 1 heterocycles. The van der Waals surface area contributed by atoms with Crippen LogP contribution in [-0.4, -0.2) is 25.1 Å². The van der Waals surface area contributed by atoms with E-state index in [0.29, 0.717) is 12.2 Å². The van der Waals surface area contributed by atoms with Crippen molar-refractivity contribution in [3.05, 3.63) is 23.9 Å². The van der Waals surface area contributed by atoms with Crippen LogP contribution in [0.2, 0.25) is 0 Å². The molecule has 0 spiro atoms. The first-order valence-corrected chi connectivity index (χ1v) is 5.27. The monoisotopic (exact) mass is 218 g/mol. The molecule has 16 heavy (non-hydrogen) atoms. The van der Waals surface area contributed by atoms with Gasteiger partial charge in [0.2, 0.25) is 0 Å². The molecule has 0 aliphatic heterocycles. The van der Waals surface area contributed by atoms with Gasteiger partial charge in [-0.1, -0.05) is 19.9 Å². The van der Waals surface area contributed by atoms with Gasteiger partial charge in [-0.15, -0.1) is 0 Å². The molecule has 0 radical (unpaired) electrons. The first kappa shape index (κ1) is 12.5. The number of rotatable bonds is 4. The number of pyridine rings is 1. The summed E-state index contributed by atoms with van der Waals surface area (Å²) in [6, 6.07) is 7.47. The van der Waals surface area contributed by atoms with Crippen LogP contribution in [-0.2, 0) is 0 Å². The van der Waals surface area contributed by atoms with E-state index in [9.17, 15) is 0 Å². The van der Waals surface area contributed by atoms with Gasteiger partial charge in [0.1, 0.15) is 17.6 Å². The Bertz CT molecular complexity index is 392. The first-order valence-electron chi connectivity index (χ1n) is 5.27. The van der Waals surface area contributed by atoms with Gasteiger partial charge >= 0.3 is 0 Å². The molecular formula is C12H18N4. The van der Waals surface area contributed by atoms with Gasteiger partial charge in [-0.2, -0.15) is 5.26 Å². The minimum atomic E-state index is 0.0408. The molecular weight excluding hydrogens is 200 g/mol. The summed E-state index contributed by atoms with van der Waals surface area (Å²) in [4.78, 5) is 6.26. The molecule has 2 N–H and O–H groups in total. The molecule has 0 unspecified atom stereocenters. The maximum atomic E-state index is 8.77. The molecule has 4 heteroatoms. The summed E-state index contributed by atoms with van der Waals surface area (Å²) < 4.78 is 0. The Morgan fingerprint density at radius 3 is 2.75 bits per heavy atom. The van der Waals surface area contributed by atoms with Crippen LogP contribution < -0.4 is 10.6 Å². The van der Waals surface area contributed by atoms with Crippen LogP contribution in [0.25, 0.3) is 0 Å². The predicted octanol–water partition coefficient (Wildman–Crippen LogP) is 1.37. The van der Waals surface area contributed by atoms with E-state index < -0.39 is 0 Å². The lowest BCUT2D eigenvalue weighted by atomic mass is 9.93. The number of anilines is 1. The van der Waals surface area contributed by atoms with E-state index in [1.165, 1.54) is 0 Å². The molecule has 0 aromatic carbocycles. The van der Waals surface area contributed by atoms with E-state index in [1.54, 1.807) is 6.07 Å². The lowest BCUT2D eigenvalue weighted by Gasteiger charge is -2.29. The van der Waals surface area contributed by atoms with Crippen molar-refractivity contribution < 1.29 is 0 Å². The van der Waals surface area contributed by atoms with Crippen LogP contribution >= 0.6 is 0 Å². The van der Waals surface area contributed by atoms with Gasteiger partial charge in [0.25, 0.3) is 0 Å². The van der Waals surface area contributed by atoms with Crippen molar-refractivity contribution in [1.29, 1.82) is 5.26 Å². The number of nitrogens with two attached hydrogens (primary N) is 1. The Kier molecular flexibility index (Phi) is 3.86. The highest BCUT2D eigenvalue weighted by Crippen LogP contribution is 2.18. The molecule has 0 bridgehead atoms. The summed E-state index contributed by atoms with van der Waals surface area (Å²) in [5, 5.41) is 8.77. The zero-order valence-electron chi connectivity index (χ0n) is 10.1. The van der Waals surface area contributed by atoms with E-state index >= 15 is 0 Å². The Balaban J connectivity index is 2.81. The van der Waals surface area contributed by atoms with Crippen LogP contribution in [0.3, 0.4) is 0 Å². The molecule has 0 aliphatic carbocycles. The summed E-state index contributed by atoms with van der Waals surface area (Å²) in [5.74, 6) is 0.806. The average Bonchev–Trinajstić information content (AvgIpc) is 2.28. The van der Waals surface area contributed by atoms with E-state index in [-0.39, 0.29) is 5.41 Å². The SMILES string of the molecule is CN(CC(C)(C)CN)c1cccc(C#N)n1. The molecule has 1 aromatic rings. The third-order valence-corrected chi connectivity index (χ3v) is 2.46. The van der Waals surface area contributed by atoms with Crippen molar-refractivity contribution in [2.75, 3.05) is 25.0 Å². The van der Waals surface area contributed by atoms with Crippen molar-refractivity contribution in [2.45, 2.75) is 13.8 Å². The van der Waals surface area contributed by atoms with Gasteiger partial charge in [-0.05, 0) is 24.1 Å². The second-order valence-corrected chi connectivity index (χ2v) is 4.72. The fourth-order valence-corrected chi connectivity index (χ4v) is 1.49. The predicted molar refractivity (Wildman–Crippen MR) is 65.1 cm³/mol. The van der Waals surface area contributed by atoms with E-state index in [4.69, 9.17) is 11.0 Å². The number of nitrogens with zero attached hydrogens (tertiary/aromatic N) is 3. The summed E-state index contributed by atoms with van der Waals surface area (Å²) >= 11 is 0. The van der Waals surface area contributed by atoms with Crippen molar-refractivity contribution in [2.24, 2.45) is 11.1 Å². The van der Waals surface area contributed by atoms with E-state index in [1.807, 2.05) is 30.1 Å². The highest BCUT2D eigenvalue weighted by molar-refractivity contribution is 5.40. The van der Waals surface area contributed by atoms with Crippen LogP contribution in [0.4, 0.5) is 5.82 Å². The second-order valence-electron chi connectivity index (χ2n) is 4.72. The van der Waals surface area contributed by atoms with E-state index in [0.717, 1.165) is 12.4 Å². The second kappa shape index (κ2) is 4.95. The zero-order valence-corrected chi connectivity index (χ0v) is 10.1.